The van der Waals surface area contributed by atoms with Crippen LogP contribution in [0.4, 0.5) is 0 Å². The number of carbonyl (C=O) groups excluding carboxylic acids is 2. The van der Waals surface area contributed by atoms with Crippen LogP contribution < -0.4 is 10.6 Å². The summed E-state index contributed by atoms with van der Waals surface area (Å²) in [6, 6.07) is 3.32. The van der Waals surface area contributed by atoms with Crippen molar-refractivity contribution in [2.75, 3.05) is 13.1 Å². The minimum Gasteiger partial charge on any atom is -0.465 e. The minimum absolute atomic E-state index is 0.117. The van der Waals surface area contributed by atoms with E-state index < -0.39 is 6.04 Å². The monoisotopic (exact) mass is 348 g/mol. The fourth-order valence-electron chi connectivity index (χ4n) is 2.71. The zero-order chi connectivity index (χ0) is 16.9. The molecule has 0 unspecified atom stereocenters. The van der Waals surface area contributed by atoms with Crippen molar-refractivity contribution in [3.05, 3.63) is 40.2 Å². The van der Waals surface area contributed by atoms with Gasteiger partial charge in [0.15, 0.2) is 0 Å². The number of hydrogen-bond acceptors (Lipinski definition) is 6. The van der Waals surface area contributed by atoms with Crippen LogP contribution in [-0.2, 0) is 22.7 Å². The first-order valence-electron chi connectivity index (χ1n) is 7.84. The third-order valence-corrected chi connectivity index (χ3v) is 4.68. The number of aromatic nitrogens is 1. The fourth-order valence-corrected chi connectivity index (χ4v) is 3.26. The second kappa shape index (κ2) is 7.59. The Morgan fingerprint density at radius 3 is 3.12 bits per heavy atom. The molecule has 3 heterocycles. The molecule has 2 N–H and O–H groups in total. The van der Waals surface area contributed by atoms with Crippen LogP contribution in [0.1, 0.15) is 22.9 Å². The first-order valence-corrected chi connectivity index (χ1v) is 8.72. The van der Waals surface area contributed by atoms with Crippen molar-refractivity contribution in [2.24, 2.45) is 0 Å². The summed E-state index contributed by atoms with van der Waals surface area (Å²) in [5.41, 5.74) is 0. The van der Waals surface area contributed by atoms with Crippen LogP contribution in [-0.4, -0.2) is 40.8 Å². The van der Waals surface area contributed by atoms with Gasteiger partial charge in [-0.1, -0.05) is 0 Å². The van der Waals surface area contributed by atoms with Crippen LogP contribution in [0.2, 0.25) is 0 Å². The van der Waals surface area contributed by atoms with Crippen LogP contribution in [0.3, 0.4) is 0 Å². The zero-order valence-corrected chi connectivity index (χ0v) is 14.3. The topological polar surface area (TPSA) is 87.5 Å². The highest BCUT2D eigenvalue weighted by Crippen LogP contribution is 2.16. The van der Waals surface area contributed by atoms with Crippen LogP contribution in [0, 0.1) is 6.92 Å². The van der Waals surface area contributed by atoms with Crippen molar-refractivity contribution in [1.82, 2.24) is 20.5 Å². The summed E-state index contributed by atoms with van der Waals surface area (Å²) in [4.78, 5) is 30.5. The number of hydrogen-bond donors (Lipinski definition) is 2. The van der Waals surface area contributed by atoms with E-state index in [1.165, 1.54) is 11.3 Å². The second-order valence-corrected chi connectivity index (χ2v) is 6.68. The molecule has 0 saturated carbocycles. The van der Waals surface area contributed by atoms with E-state index >= 15 is 0 Å². The molecule has 24 heavy (non-hydrogen) atoms. The second-order valence-electron chi connectivity index (χ2n) is 5.70. The van der Waals surface area contributed by atoms with Gasteiger partial charge >= 0.3 is 0 Å². The Morgan fingerprint density at radius 1 is 1.54 bits per heavy atom. The highest BCUT2D eigenvalue weighted by atomic mass is 32.1. The largest absolute Gasteiger partial charge is 0.465 e. The Bertz CT molecular complexity index is 698. The van der Waals surface area contributed by atoms with Crippen molar-refractivity contribution in [1.29, 1.82) is 0 Å². The zero-order valence-electron chi connectivity index (χ0n) is 13.4. The molecule has 0 spiro atoms. The van der Waals surface area contributed by atoms with Crippen molar-refractivity contribution in [2.45, 2.75) is 32.5 Å². The lowest BCUT2D eigenvalue weighted by molar-refractivity contribution is -0.134. The van der Waals surface area contributed by atoms with Gasteiger partial charge in [0, 0.05) is 24.7 Å². The smallest absolute Gasteiger partial charge is 0.237 e. The molecule has 0 aliphatic carbocycles. The normalized spacial score (nSPS) is 18.4. The molecule has 8 heteroatoms. The summed E-state index contributed by atoms with van der Waals surface area (Å²) < 4.78 is 5.59. The molecule has 3 rings (SSSR count). The van der Waals surface area contributed by atoms with E-state index in [0.717, 1.165) is 16.5 Å². The number of aryl methyl sites for hydroxylation is 1. The molecule has 1 aliphatic rings. The molecule has 1 atom stereocenters. The Hall–Kier alpha value is -2.19. The quantitative estimate of drug-likeness (QED) is 0.815. The van der Waals surface area contributed by atoms with Gasteiger partial charge in [-0.25, -0.2) is 4.98 Å². The number of furan rings is 1. The summed E-state index contributed by atoms with van der Waals surface area (Å²) in [5, 5.41) is 8.36. The highest BCUT2D eigenvalue weighted by molar-refractivity contribution is 7.09. The fraction of sp³-hybridized carbons (Fsp3) is 0.438. The van der Waals surface area contributed by atoms with Gasteiger partial charge in [-0.3, -0.25) is 14.5 Å². The average Bonchev–Trinajstić information content (AvgIpc) is 3.20. The number of nitrogens with one attached hydrogen (secondary N) is 2. The molecular weight excluding hydrogens is 328 g/mol. The van der Waals surface area contributed by atoms with E-state index in [9.17, 15) is 9.59 Å². The lowest BCUT2D eigenvalue weighted by Gasteiger charge is -2.34. The van der Waals surface area contributed by atoms with Crippen LogP contribution in [0.15, 0.2) is 28.1 Å². The predicted molar refractivity (Wildman–Crippen MR) is 89.2 cm³/mol. The van der Waals surface area contributed by atoms with E-state index in [1.54, 1.807) is 6.20 Å². The summed E-state index contributed by atoms with van der Waals surface area (Å²) in [5.74, 6) is 1.36. The molecule has 2 aromatic heterocycles. The molecule has 2 amide bonds. The first-order chi connectivity index (χ1) is 11.6. The standard InChI is InChI=1S/C16H20N4O3S/c1-11-2-3-12(23-11)10-20-6-4-18-16(22)13(20)8-14(21)19-9-15-17-5-7-24-15/h2-3,5,7,13H,4,6,8-10H2,1H3,(H,18,22)(H,19,21)/t13-/m0/s1. The summed E-state index contributed by atoms with van der Waals surface area (Å²) in [7, 11) is 0. The molecule has 1 fully saturated rings. The number of carbonyl (C=O) groups is 2. The lowest BCUT2D eigenvalue weighted by Crippen LogP contribution is -2.56. The van der Waals surface area contributed by atoms with Gasteiger partial charge in [-0.05, 0) is 19.1 Å². The number of rotatable bonds is 6. The molecule has 0 aromatic carbocycles. The maximum atomic E-state index is 12.2. The molecule has 0 bridgehead atoms. The Balaban J connectivity index is 1.59. The summed E-state index contributed by atoms with van der Waals surface area (Å²) in [6.45, 7) is 4.07. The molecule has 0 radical (unpaired) electrons. The molecule has 1 aliphatic heterocycles. The third kappa shape index (κ3) is 4.21. The molecule has 1 saturated heterocycles. The van der Waals surface area contributed by atoms with E-state index in [0.29, 0.717) is 26.2 Å². The van der Waals surface area contributed by atoms with Crippen molar-refractivity contribution in [3.8, 4) is 0 Å². The Labute approximate surface area is 144 Å². The highest BCUT2D eigenvalue weighted by Gasteiger charge is 2.32. The van der Waals surface area contributed by atoms with Gasteiger partial charge in [0.1, 0.15) is 16.5 Å². The Morgan fingerprint density at radius 2 is 2.42 bits per heavy atom. The third-order valence-electron chi connectivity index (χ3n) is 3.90. The number of amides is 2. The number of thiazole rings is 1. The summed E-state index contributed by atoms with van der Waals surface area (Å²) >= 11 is 1.49. The molecular formula is C16H20N4O3S. The summed E-state index contributed by atoms with van der Waals surface area (Å²) in [6.07, 6.45) is 1.82. The van der Waals surface area contributed by atoms with Gasteiger partial charge in [0.25, 0.3) is 0 Å². The van der Waals surface area contributed by atoms with Gasteiger partial charge in [-0.2, -0.15) is 0 Å². The minimum atomic E-state index is -0.486. The van der Waals surface area contributed by atoms with Crippen LogP contribution in [0.25, 0.3) is 0 Å². The van der Waals surface area contributed by atoms with Crippen molar-refractivity contribution in [3.63, 3.8) is 0 Å². The number of nitrogens with zero attached hydrogens (tertiary/aromatic N) is 2. The van der Waals surface area contributed by atoms with Gasteiger partial charge in [-0.15, -0.1) is 11.3 Å². The van der Waals surface area contributed by atoms with Crippen molar-refractivity contribution < 1.29 is 14.0 Å². The predicted octanol–water partition coefficient (Wildman–Crippen LogP) is 1.05. The van der Waals surface area contributed by atoms with Crippen molar-refractivity contribution >= 4 is 23.2 Å². The van der Waals surface area contributed by atoms with E-state index in [1.807, 2.05) is 29.3 Å². The maximum Gasteiger partial charge on any atom is 0.237 e. The average molecular weight is 348 g/mol. The Kier molecular flexibility index (Phi) is 5.27. The van der Waals surface area contributed by atoms with E-state index in [-0.39, 0.29) is 18.2 Å². The van der Waals surface area contributed by atoms with E-state index in [2.05, 4.69) is 15.6 Å². The van der Waals surface area contributed by atoms with Crippen LogP contribution in [0.5, 0.6) is 0 Å². The molecule has 128 valence electrons. The molecule has 7 nitrogen and oxygen atoms in total. The SMILES string of the molecule is Cc1ccc(CN2CCNC(=O)[C@@H]2CC(=O)NCc2nccs2)o1. The molecule has 2 aromatic rings. The maximum absolute atomic E-state index is 12.2. The number of piperazine rings is 1. The van der Waals surface area contributed by atoms with Crippen LogP contribution >= 0.6 is 11.3 Å². The van der Waals surface area contributed by atoms with Gasteiger partial charge in [0.05, 0.1) is 25.6 Å². The lowest BCUT2D eigenvalue weighted by atomic mass is 10.1. The van der Waals surface area contributed by atoms with Gasteiger partial charge in [0.2, 0.25) is 11.8 Å². The first kappa shape index (κ1) is 16.7. The van der Waals surface area contributed by atoms with Gasteiger partial charge < -0.3 is 15.1 Å². The van der Waals surface area contributed by atoms with E-state index in [4.69, 9.17) is 4.42 Å².